The molecule has 0 radical (unpaired) electrons. The Hall–Kier alpha value is -1.32. The van der Waals surface area contributed by atoms with Gasteiger partial charge in [0.05, 0.1) is 11.7 Å². The van der Waals surface area contributed by atoms with Gasteiger partial charge in [-0.15, -0.1) is 0 Å². The first-order valence-electron chi connectivity index (χ1n) is 6.60. The second-order valence-electron chi connectivity index (χ2n) is 4.86. The van der Waals surface area contributed by atoms with Crippen LogP contribution >= 0.6 is 11.6 Å². The van der Waals surface area contributed by atoms with Crippen molar-refractivity contribution in [2.24, 2.45) is 7.05 Å². The number of aromatic nitrogens is 2. The average molecular weight is 278 g/mol. The molecule has 0 saturated carbocycles. The first-order valence-corrected chi connectivity index (χ1v) is 6.98. The van der Waals surface area contributed by atoms with E-state index < -0.39 is 0 Å². The van der Waals surface area contributed by atoms with E-state index in [2.05, 4.69) is 30.3 Å². The minimum Gasteiger partial charge on any atom is -0.305 e. The molecule has 1 unspecified atom stereocenters. The summed E-state index contributed by atoms with van der Waals surface area (Å²) in [5.74, 6) is 0. The number of hydrogen-bond acceptors (Lipinski definition) is 2. The minimum absolute atomic E-state index is 0.0959. The van der Waals surface area contributed by atoms with Crippen LogP contribution in [0.1, 0.15) is 36.2 Å². The third kappa shape index (κ3) is 3.58. The highest BCUT2D eigenvalue weighted by Gasteiger charge is 2.16. The number of aryl methyl sites for hydroxylation is 2. The van der Waals surface area contributed by atoms with Gasteiger partial charge < -0.3 is 5.32 Å². The Labute approximate surface area is 119 Å². The van der Waals surface area contributed by atoms with Crippen LogP contribution in [0.3, 0.4) is 0 Å². The largest absolute Gasteiger partial charge is 0.305 e. The fourth-order valence-corrected chi connectivity index (χ4v) is 2.50. The van der Waals surface area contributed by atoms with Crippen LogP contribution in [0.4, 0.5) is 0 Å². The van der Waals surface area contributed by atoms with Crippen molar-refractivity contribution in [2.45, 2.75) is 26.3 Å². The Morgan fingerprint density at radius 2 is 2.16 bits per heavy atom. The van der Waals surface area contributed by atoms with Crippen molar-refractivity contribution in [3.8, 4) is 0 Å². The smallest absolute Gasteiger partial charge is 0.0839 e. The number of benzene rings is 1. The van der Waals surface area contributed by atoms with Crippen LogP contribution in [-0.4, -0.2) is 16.3 Å². The second kappa shape index (κ2) is 6.22. The van der Waals surface area contributed by atoms with E-state index in [-0.39, 0.29) is 6.04 Å². The van der Waals surface area contributed by atoms with Crippen molar-refractivity contribution in [1.29, 1.82) is 0 Å². The highest BCUT2D eigenvalue weighted by Crippen LogP contribution is 2.24. The Balaban J connectivity index is 2.36. The number of halogens is 1. The summed E-state index contributed by atoms with van der Waals surface area (Å²) in [7, 11) is 1.93. The van der Waals surface area contributed by atoms with Gasteiger partial charge in [0.15, 0.2) is 0 Å². The van der Waals surface area contributed by atoms with Crippen LogP contribution in [-0.2, 0) is 7.05 Å². The van der Waals surface area contributed by atoms with Gasteiger partial charge in [0.2, 0.25) is 0 Å². The zero-order chi connectivity index (χ0) is 13.8. The quantitative estimate of drug-likeness (QED) is 0.907. The van der Waals surface area contributed by atoms with Crippen LogP contribution in [0.2, 0.25) is 5.02 Å². The average Bonchev–Trinajstić information content (AvgIpc) is 2.75. The van der Waals surface area contributed by atoms with Gasteiger partial charge >= 0.3 is 0 Å². The Morgan fingerprint density at radius 1 is 1.37 bits per heavy atom. The fourth-order valence-electron chi connectivity index (χ4n) is 2.20. The van der Waals surface area contributed by atoms with E-state index in [1.54, 1.807) is 0 Å². The first kappa shape index (κ1) is 14.1. The maximum atomic E-state index is 6.17. The van der Waals surface area contributed by atoms with Gasteiger partial charge in [0.1, 0.15) is 0 Å². The molecule has 102 valence electrons. The van der Waals surface area contributed by atoms with Gasteiger partial charge in [-0.25, -0.2) is 0 Å². The molecule has 0 aliphatic carbocycles. The molecule has 1 atom stereocenters. The van der Waals surface area contributed by atoms with E-state index in [4.69, 9.17) is 11.6 Å². The number of nitrogens with zero attached hydrogens (tertiary/aromatic N) is 2. The molecule has 1 N–H and O–H groups in total. The maximum absolute atomic E-state index is 6.17. The van der Waals surface area contributed by atoms with Gasteiger partial charge in [-0.05, 0) is 49.2 Å². The van der Waals surface area contributed by atoms with Crippen LogP contribution in [0.25, 0.3) is 0 Å². The molecule has 1 aromatic heterocycles. The summed E-state index contributed by atoms with van der Waals surface area (Å²) in [6, 6.07) is 8.28. The molecule has 2 aromatic rings. The van der Waals surface area contributed by atoms with Crippen molar-refractivity contribution in [2.75, 3.05) is 6.54 Å². The molecule has 0 aliphatic rings. The lowest BCUT2D eigenvalue weighted by Crippen LogP contribution is -2.24. The summed E-state index contributed by atoms with van der Waals surface area (Å²) >= 11 is 6.17. The van der Waals surface area contributed by atoms with Gasteiger partial charge in [0.25, 0.3) is 0 Å². The molecule has 0 bridgehead atoms. The van der Waals surface area contributed by atoms with Crippen LogP contribution < -0.4 is 5.32 Å². The van der Waals surface area contributed by atoms with Crippen molar-refractivity contribution in [3.05, 3.63) is 52.3 Å². The monoisotopic (exact) mass is 277 g/mol. The van der Waals surface area contributed by atoms with E-state index in [1.807, 2.05) is 36.1 Å². The minimum atomic E-state index is 0.0959. The summed E-state index contributed by atoms with van der Waals surface area (Å²) < 4.78 is 1.83. The first-order chi connectivity index (χ1) is 9.10. The third-order valence-electron chi connectivity index (χ3n) is 3.03. The summed E-state index contributed by atoms with van der Waals surface area (Å²) in [5, 5.41) is 8.82. The molecule has 2 rings (SSSR count). The Bertz CT molecular complexity index is 528. The molecule has 0 aliphatic heterocycles. The summed E-state index contributed by atoms with van der Waals surface area (Å²) in [4.78, 5) is 0. The topological polar surface area (TPSA) is 29.9 Å². The molecule has 1 aromatic carbocycles. The molecular weight excluding hydrogens is 258 g/mol. The highest BCUT2D eigenvalue weighted by atomic mass is 35.5. The lowest BCUT2D eigenvalue weighted by Gasteiger charge is -2.18. The van der Waals surface area contributed by atoms with Crippen molar-refractivity contribution in [1.82, 2.24) is 15.1 Å². The highest BCUT2D eigenvalue weighted by molar-refractivity contribution is 6.30. The molecule has 19 heavy (non-hydrogen) atoms. The molecule has 0 saturated heterocycles. The van der Waals surface area contributed by atoms with E-state index in [9.17, 15) is 0 Å². The molecule has 4 heteroatoms. The lowest BCUT2D eigenvalue weighted by atomic mass is 10.0. The van der Waals surface area contributed by atoms with E-state index >= 15 is 0 Å². The normalized spacial score (nSPS) is 12.6. The predicted molar refractivity (Wildman–Crippen MR) is 79.5 cm³/mol. The Kier molecular flexibility index (Phi) is 4.61. The maximum Gasteiger partial charge on any atom is 0.0839 e. The molecule has 1 heterocycles. The van der Waals surface area contributed by atoms with Crippen molar-refractivity contribution in [3.63, 3.8) is 0 Å². The van der Waals surface area contributed by atoms with Gasteiger partial charge in [-0.1, -0.05) is 24.6 Å². The predicted octanol–water partition coefficient (Wildman–Crippen LogP) is 3.47. The number of rotatable bonds is 5. The van der Waals surface area contributed by atoms with Crippen LogP contribution in [0.15, 0.2) is 30.5 Å². The zero-order valence-electron chi connectivity index (χ0n) is 11.7. The molecular formula is C15H20ClN3. The van der Waals surface area contributed by atoms with Crippen LogP contribution in [0.5, 0.6) is 0 Å². The van der Waals surface area contributed by atoms with Crippen molar-refractivity contribution >= 4 is 11.6 Å². The van der Waals surface area contributed by atoms with Gasteiger partial charge in [-0.3, -0.25) is 4.68 Å². The van der Waals surface area contributed by atoms with E-state index in [1.165, 1.54) is 5.56 Å². The summed E-state index contributed by atoms with van der Waals surface area (Å²) in [6.45, 7) is 5.17. The molecule has 0 spiro atoms. The summed E-state index contributed by atoms with van der Waals surface area (Å²) in [6.07, 6.45) is 3.05. The summed E-state index contributed by atoms with van der Waals surface area (Å²) in [5.41, 5.74) is 3.36. The molecule has 3 nitrogen and oxygen atoms in total. The van der Waals surface area contributed by atoms with Gasteiger partial charge in [-0.2, -0.15) is 5.10 Å². The van der Waals surface area contributed by atoms with Gasteiger partial charge in [0, 0.05) is 18.3 Å². The third-order valence-corrected chi connectivity index (χ3v) is 3.24. The van der Waals surface area contributed by atoms with Crippen molar-refractivity contribution < 1.29 is 0 Å². The van der Waals surface area contributed by atoms with Crippen LogP contribution in [0, 0.1) is 6.92 Å². The number of hydrogen-bond donors (Lipinski definition) is 1. The molecule has 0 amide bonds. The molecule has 0 fully saturated rings. The van der Waals surface area contributed by atoms with E-state index in [0.29, 0.717) is 0 Å². The second-order valence-corrected chi connectivity index (χ2v) is 5.30. The SMILES string of the molecule is CCCNC(c1cc(C)cc(Cl)c1)c1ccn(C)n1. The zero-order valence-corrected chi connectivity index (χ0v) is 12.4. The van der Waals surface area contributed by atoms with E-state index in [0.717, 1.165) is 29.2 Å². The lowest BCUT2D eigenvalue weighted by molar-refractivity contribution is 0.575. The standard InChI is InChI=1S/C15H20ClN3/c1-4-6-17-15(14-5-7-19(3)18-14)12-8-11(2)9-13(16)10-12/h5,7-10,15,17H,4,6H2,1-3H3. The Morgan fingerprint density at radius 3 is 2.74 bits per heavy atom. The fraction of sp³-hybridized carbons (Fsp3) is 0.400. The number of nitrogens with one attached hydrogen (secondary N) is 1.